The van der Waals surface area contributed by atoms with Crippen molar-refractivity contribution in [1.82, 2.24) is 14.7 Å². The quantitative estimate of drug-likeness (QED) is 0.752. The fraction of sp³-hybridized carbons (Fsp3) is 0.579. The second-order valence-electron chi connectivity index (χ2n) is 6.68. The van der Waals surface area contributed by atoms with Crippen LogP contribution in [0, 0.1) is 0 Å². The summed E-state index contributed by atoms with van der Waals surface area (Å²) in [6.45, 7) is 5.85. The van der Waals surface area contributed by atoms with Gasteiger partial charge in [-0.25, -0.2) is 0 Å². The third-order valence-electron chi connectivity index (χ3n) is 4.94. The lowest BCUT2D eigenvalue weighted by molar-refractivity contribution is -0.140. The molecule has 2 aliphatic rings. The van der Waals surface area contributed by atoms with Crippen LogP contribution in [-0.4, -0.2) is 92.7 Å². The number of amides is 2. The molecule has 3 rings (SSSR count). The Morgan fingerprint density at radius 3 is 2.31 bits per heavy atom. The minimum atomic E-state index is 0.0959. The first-order chi connectivity index (χ1) is 12.7. The molecule has 0 aliphatic carbocycles. The van der Waals surface area contributed by atoms with Crippen LogP contribution in [0.25, 0.3) is 0 Å². The molecule has 2 fully saturated rings. The van der Waals surface area contributed by atoms with Crippen molar-refractivity contribution >= 4 is 11.8 Å². The minimum Gasteiger partial charge on any atom is -0.497 e. The standard InChI is InChI=1S/C19H27N3O4/c1-25-17-4-2-3-16(13-17)14-18(23)21-5-7-22(8-6-21)19(24)15-20-9-11-26-12-10-20/h2-4,13H,5-12,14-15H2,1H3. The topological polar surface area (TPSA) is 62.3 Å². The van der Waals surface area contributed by atoms with E-state index < -0.39 is 0 Å². The fourth-order valence-electron chi connectivity index (χ4n) is 3.32. The minimum absolute atomic E-state index is 0.0959. The van der Waals surface area contributed by atoms with E-state index in [1.165, 1.54) is 0 Å². The molecule has 2 heterocycles. The molecule has 0 saturated carbocycles. The Morgan fingerprint density at radius 1 is 1.00 bits per heavy atom. The van der Waals surface area contributed by atoms with Gasteiger partial charge in [-0.15, -0.1) is 0 Å². The normalized spacial score (nSPS) is 18.7. The fourth-order valence-corrected chi connectivity index (χ4v) is 3.32. The monoisotopic (exact) mass is 361 g/mol. The largest absolute Gasteiger partial charge is 0.497 e. The van der Waals surface area contributed by atoms with Crippen LogP contribution in [0.1, 0.15) is 5.56 Å². The van der Waals surface area contributed by atoms with Gasteiger partial charge in [0, 0.05) is 39.3 Å². The zero-order valence-corrected chi connectivity index (χ0v) is 15.4. The third kappa shape index (κ3) is 4.95. The lowest BCUT2D eigenvalue weighted by atomic mass is 10.1. The van der Waals surface area contributed by atoms with Crippen molar-refractivity contribution in [3.63, 3.8) is 0 Å². The lowest BCUT2D eigenvalue weighted by Crippen LogP contribution is -2.53. The average Bonchev–Trinajstić information content (AvgIpc) is 2.69. The molecule has 0 spiro atoms. The van der Waals surface area contributed by atoms with Gasteiger partial charge in [-0.2, -0.15) is 0 Å². The van der Waals surface area contributed by atoms with Crippen molar-refractivity contribution in [3.05, 3.63) is 29.8 Å². The first kappa shape index (κ1) is 18.7. The van der Waals surface area contributed by atoms with Gasteiger partial charge in [0.1, 0.15) is 5.75 Å². The van der Waals surface area contributed by atoms with E-state index in [4.69, 9.17) is 9.47 Å². The van der Waals surface area contributed by atoms with Crippen LogP contribution >= 0.6 is 0 Å². The molecule has 2 aliphatic heterocycles. The zero-order chi connectivity index (χ0) is 18.4. The van der Waals surface area contributed by atoms with Gasteiger partial charge in [-0.3, -0.25) is 14.5 Å². The van der Waals surface area contributed by atoms with Crippen LogP contribution in [0.15, 0.2) is 24.3 Å². The first-order valence-electron chi connectivity index (χ1n) is 9.14. The number of ether oxygens (including phenoxy) is 2. The zero-order valence-electron chi connectivity index (χ0n) is 15.4. The van der Waals surface area contributed by atoms with Crippen molar-refractivity contribution in [2.75, 3.05) is 66.1 Å². The molecule has 7 nitrogen and oxygen atoms in total. The molecule has 0 bridgehead atoms. The summed E-state index contributed by atoms with van der Waals surface area (Å²) in [5, 5.41) is 0. The summed E-state index contributed by atoms with van der Waals surface area (Å²) in [4.78, 5) is 30.8. The van der Waals surface area contributed by atoms with E-state index in [2.05, 4.69) is 4.90 Å². The van der Waals surface area contributed by atoms with Gasteiger partial charge in [-0.05, 0) is 17.7 Å². The number of benzene rings is 1. The average molecular weight is 361 g/mol. The van der Waals surface area contributed by atoms with Crippen LogP contribution in [0.2, 0.25) is 0 Å². The van der Waals surface area contributed by atoms with E-state index in [0.717, 1.165) is 24.4 Å². The molecule has 0 aromatic heterocycles. The molecule has 7 heteroatoms. The van der Waals surface area contributed by atoms with E-state index in [0.29, 0.717) is 52.4 Å². The number of piperazine rings is 1. The Bertz CT molecular complexity index is 623. The maximum Gasteiger partial charge on any atom is 0.236 e. The highest BCUT2D eigenvalue weighted by atomic mass is 16.5. The molecule has 1 aromatic rings. The predicted molar refractivity (Wildman–Crippen MR) is 97.1 cm³/mol. The van der Waals surface area contributed by atoms with Gasteiger partial charge >= 0.3 is 0 Å². The number of morpholine rings is 1. The van der Waals surface area contributed by atoms with E-state index >= 15 is 0 Å². The molecular weight excluding hydrogens is 334 g/mol. The summed E-state index contributed by atoms with van der Waals surface area (Å²) in [5.41, 5.74) is 0.945. The Kier molecular flexibility index (Phi) is 6.46. The van der Waals surface area contributed by atoms with Crippen molar-refractivity contribution < 1.29 is 19.1 Å². The van der Waals surface area contributed by atoms with Crippen LogP contribution < -0.4 is 4.74 Å². The van der Waals surface area contributed by atoms with Crippen LogP contribution in [-0.2, 0) is 20.7 Å². The molecule has 0 N–H and O–H groups in total. The Morgan fingerprint density at radius 2 is 1.65 bits per heavy atom. The summed E-state index contributed by atoms with van der Waals surface area (Å²) in [6.07, 6.45) is 0.360. The number of carbonyl (C=O) groups is 2. The SMILES string of the molecule is COc1cccc(CC(=O)N2CCN(C(=O)CN3CCOCC3)CC2)c1. The summed E-state index contributed by atoms with van der Waals surface area (Å²) >= 11 is 0. The summed E-state index contributed by atoms with van der Waals surface area (Å²) < 4.78 is 10.5. The molecule has 2 saturated heterocycles. The van der Waals surface area contributed by atoms with Crippen molar-refractivity contribution in [2.24, 2.45) is 0 Å². The lowest BCUT2D eigenvalue weighted by Gasteiger charge is -2.36. The Labute approximate surface area is 154 Å². The van der Waals surface area contributed by atoms with Crippen LogP contribution in [0.3, 0.4) is 0 Å². The van der Waals surface area contributed by atoms with E-state index in [1.807, 2.05) is 34.1 Å². The van der Waals surface area contributed by atoms with Gasteiger partial charge in [-0.1, -0.05) is 12.1 Å². The second kappa shape index (κ2) is 9.00. The predicted octanol–water partition coefficient (Wildman–Crippen LogP) is 0.241. The maximum absolute atomic E-state index is 12.5. The van der Waals surface area contributed by atoms with Crippen LogP contribution in [0.4, 0.5) is 0 Å². The number of carbonyl (C=O) groups excluding carboxylic acids is 2. The highest BCUT2D eigenvalue weighted by molar-refractivity contribution is 5.80. The highest BCUT2D eigenvalue weighted by Gasteiger charge is 2.25. The van der Waals surface area contributed by atoms with Gasteiger partial charge in [0.05, 0.1) is 33.3 Å². The number of nitrogens with zero attached hydrogens (tertiary/aromatic N) is 3. The van der Waals surface area contributed by atoms with E-state index in [-0.39, 0.29) is 11.8 Å². The summed E-state index contributed by atoms with van der Waals surface area (Å²) in [5.74, 6) is 0.999. The molecule has 0 radical (unpaired) electrons. The smallest absolute Gasteiger partial charge is 0.236 e. The molecule has 26 heavy (non-hydrogen) atoms. The first-order valence-corrected chi connectivity index (χ1v) is 9.14. The van der Waals surface area contributed by atoms with E-state index in [9.17, 15) is 9.59 Å². The van der Waals surface area contributed by atoms with Crippen molar-refractivity contribution in [1.29, 1.82) is 0 Å². The Balaban J connectivity index is 1.45. The summed E-state index contributed by atoms with van der Waals surface area (Å²) in [6, 6.07) is 7.58. The molecule has 1 aromatic carbocycles. The second-order valence-corrected chi connectivity index (χ2v) is 6.68. The molecular formula is C19H27N3O4. The molecule has 0 unspecified atom stereocenters. The maximum atomic E-state index is 12.5. The third-order valence-corrected chi connectivity index (χ3v) is 4.94. The van der Waals surface area contributed by atoms with E-state index in [1.54, 1.807) is 7.11 Å². The van der Waals surface area contributed by atoms with Crippen molar-refractivity contribution in [3.8, 4) is 5.75 Å². The highest BCUT2D eigenvalue weighted by Crippen LogP contribution is 2.14. The number of methoxy groups -OCH3 is 1. The summed E-state index contributed by atoms with van der Waals surface area (Å²) in [7, 11) is 1.62. The van der Waals surface area contributed by atoms with Gasteiger partial charge in [0.2, 0.25) is 11.8 Å². The Hall–Kier alpha value is -2.12. The van der Waals surface area contributed by atoms with Gasteiger partial charge in [0.25, 0.3) is 0 Å². The van der Waals surface area contributed by atoms with Gasteiger partial charge < -0.3 is 19.3 Å². The van der Waals surface area contributed by atoms with Crippen LogP contribution in [0.5, 0.6) is 5.75 Å². The molecule has 142 valence electrons. The number of hydrogen-bond donors (Lipinski definition) is 0. The molecule has 2 amide bonds. The number of rotatable bonds is 5. The molecule has 0 atom stereocenters. The van der Waals surface area contributed by atoms with Crippen molar-refractivity contribution in [2.45, 2.75) is 6.42 Å². The number of hydrogen-bond acceptors (Lipinski definition) is 5. The van der Waals surface area contributed by atoms with Gasteiger partial charge in [0.15, 0.2) is 0 Å².